The molecule has 2 N–H and O–H groups in total. The molecule has 1 aromatic heterocycles. The second kappa shape index (κ2) is 10.6. The lowest BCUT2D eigenvalue weighted by Crippen LogP contribution is -2.27. The van der Waals surface area contributed by atoms with Crippen LogP contribution in [0.2, 0.25) is 0 Å². The Balaban J connectivity index is 1.44. The quantitative estimate of drug-likeness (QED) is 0.311. The summed E-state index contributed by atoms with van der Waals surface area (Å²) in [6.07, 6.45) is -3.50. The summed E-state index contributed by atoms with van der Waals surface area (Å²) in [5.74, 6) is -0.245. The number of aryl methyl sites for hydroxylation is 2. The van der Waals surface area contributed by atoms with E-state index >= 15 is 0 Å². The number of amides is 2. The average molecular weight is 508 g/mol. The van der Waals surface area contributed by atoms with Crippen LogP contribution >= 0.6 is 0 Å². The van der Waals surface area contributed by atoms with Crippen molar-refractivity contribution in [2.45, 2.75) is 19.6 Å². The molecule has 3 aromatic carbocycles. The van der Waals surface area contributed by atoms with Crippen molar-refractivity contribution in [2.75, 3.05) is 5.32 Å². The first-order valence-corrected chi connectivity index (χ1v) is 11.4. The van der Waals surface area contributed by atoms with Gasteiger partial charge >= 0.3 is 12.3 Å². The molecule has 0 atom stereocenters. The maximum Gasteiger partial charge on any atom is 0.416 e. The highest BCUT2D eigenvalue weighted by atomic mass is 19.4. The first-order chi connectivity index (χ1) is 17.6. The molecule has 0 bridgehead atoms. The Hall–Kier alpha value is -4.53. The normalized spacial score (nSPS) is 11.2. The maximum absolute atomic E-state index is 13.0. The Labute approximate surface area is 211 Å². The molecule has 1 heterocycles. The largest absolute Gasteiger partial charge is 0.416 e. The molecule has 190 valence electrons. The summed E-state index contributed by atoms with van der Waals surface area (Å²) in [5.41, 5.74) is 2.87. The van der Waals surface area contributed by atoms with Gasteiger partial charge in [0.15, 0.2) is 0 Å². The van der Waals surface area contributed by atoms with Crippen LogP contribution in [0, 0.1) is 6.92 Å². The molecule has 0 fully saturated rings. The number of nitrogens with one attached hydrogen (secondary N) is 2. The van der Waals surface area contributed by atoms with E-state index in [9.17, 15) is 22.8 Å². The minimum atomic E-state index is -4.44. The van der Waals surface area contributed by atoms with Gasteiger partial charge in [0.05, 0.1) is 11.3 Å². The second-order valence-corrected chi connectivity index (χ2v) is 8.42. The van der Waals surface area contributed by atoms with E-state index in [0.717, 1.165) is 23.3 Å². The molecule has 0 aliphatic carbocycles. The van der Waals surface area contributed by atoms with Crippen LogP contribution in [0.4, 0.5) is 23.7 Å². The van der Waals surface area contributed by atoms with Gasteiger partial charge in [-0.2, -0.15) is 13.2 Å². The Bertz CT molecular complexity index is 1430. The summed E-state index contributed by atoms with van der Waals surface area (Å²) in [5, 5.41) is 5.45. The summed E-state index contributed by atoms with van der Waals surface area (Å²) in [6, 6.07) is 20.4. The van der Waals surface area contributed by atoms with Crippen LogP contribution in [0.3, 0.4) is 0 Å². The van der Waals surface area contributed by atoms with E-state index < -0.39 is 23.7 Å². The lowest BCUT2D eigenvalue weighted by atomic mass is 9.98. The number of alkyl halides is 3. The van der Waals surface area contributed by atoms with Gasteiger partial charge in [-0.1, -0.05) is 54.6 Å². The fourth-order valence-corrected chi connectivity index (χ4v) is 3.79. The molecular weight excluding hydrogens is 483 g/mol. The summed E-state index contributed by atoms with van der Waals surface area (Å²) in [4.78, 5) is 25.3. The SMILES string of the molecule is Cc1ccccc1CNC(=O)Oc1cc(NC(=O)c2ccccc2-c2ccc(C(F)(F)F)cc2)cn1C. The molecule has 0 unspecified atom stereocenters. The highest BCUT2D eigenvalue weighted by Crippen LogP contribution is 2.32. The zero-order valence-electron chi connectivity index (χ0n) is 20.1. The van der Waals surface area contributed by atoms with Crippen molar-refractivity contribution >= 4 is 17.7 Å². The minimum Gasteiger partial charge on any atom is -0.393 e. The number of nitrogens with zero attached hydrogens (tertiary/aromatic N) is 1. The molecule has 0 aliphatic rings. The van der Waals surface area contributed by atoms with Gasteiger partial charge in [0.2, 0.25) is 5.88 Å². The average Bonchev–Trinajstić information content (AvgIpc) is 3.21. The second-order valence-electron chi connectivity index (χ2n) is 8.42. The number of carbonyl (C=O) groups is 2. The van der Waals surface area contributed by atoms with Crippen LogP contribution in [-0.4, -0.2) is 16.6 Å². The van der Waals surface area contributed by atoms with E-state index in [2.05, 4.69) is 10.6 Å². The topological polar surface area (TPSA) is 72.4 Å². The molecule has 4 aromatic rings. The minimum absolute atomic E-state index is 0.216. The van der Waals surface area contributed by atoms with Gasteiger partial charge in [0, 0.05) is 31.4 Å². The van der Waals surface area contributed by atoms with Crippen LogP contribution in [0.25, 0.3) is 11.1 Å². The number of halogens is 3. The molecular formula is C28H24F3N3O3. The third kappa shape index (κ3) is 6.19. The fourth-order valence-electron chi connectivity index (χ4n) is 3.79. The third-order valence-electron chi connectivity index (χ3n) is 5.79. The molecule has 4 rings (SSSR count). The Morgan fingerprint density at radius 2 is 1.62 bits per heavy atom. The first-order valence-electron chi connectivity index (χ1n) is 11.4. The molecule has 0 saturated carbocycles. The molecule has 9 heteroatoms. The maximum atomic E-state index is 13.0. The number of rotatable bonds is 6. The Morgan fingerprint density at radius 1 is 0.946 bits per heavy atom. The van der Waals surface area contributed by atoms with Gasteiger partial charge < -0.3 is 19.9 Å². The molecule has 6 nitrogen and oxygen atoms in total. The lowest BCUT2D eigenvalue weighted by Gasteiger charge is -2.11. The molecule has 2 amide bonds. The first kappa shape index (κ1) is 25.6. The Kier molecular flexibility index (Phi) is 7.33. The van der Waals surface area contributed by atoms with Crippen molar-refractivity contribution in [1.29, 1.82) is 0 Å². The van der Waals surface area contributed by atoms with E-state index in [0.29, 0.717) is 23.4 Å². The lowest BCUT2D eigenvalue weighted by molar-refractivity contribution is -0.137. The molecule has 0 saturated heterocycles. The number of aromatic nitrogens is 1. The summed E-state index contributed by atoms with van der Waals surface area (Å²) < 4.78 is 45.7. The number of benzene rings is 3. The monoisotopic (exact) mass is 507 g/mol. The standard InChI is InChI=1S/C28H24F3N3O3/c1-18-7-3-4-8-20(18)16-32-27(36)37-25-15-22(17-34(25)2)33-26(35)24-10-6-5-9-23(24)19-11-13-21(14-12-19)28(29,30)31/h3-15,17H,16H2,1-2H3,(H,32,36)(H,33,35). The smallest absolute Gasteiger partial charge is 0.393 e. The van der Waals surface area contributed by atoms with Crippen LogP contribution < -0.4 is 15.4 Å². The van der Waals surface area contributed by atoms with Gasteiger partial charge in [-0.15, -0.1) is 0 Å². The van der Waals surface area contributed by atoms with Crippen LogP contribution in [0.1, 0.15) is 27.0 Å². The van der Waals surface area contributed by atoms with Gasteiger partial charge in [0.25, 0.3) is 5.91 Å². The summed E-state index contributed by atoms with van der Waals surface area (Å²) in [6.45, 7) is 2.25. The van der Waals surface area contributed by atoms with E-state index in [1.807, 2.05) is 31.2 Å². The van der Waals surface area contributed by atoms with E-state index in [-0.39, 0.29) is 11.4 Å². The number of carbonyl (C=O) groups excluding carboxylic acids is 2. The van der Waals surface area contributed by atoms with Gasteiger partial charge in [-0.05, 0) is 47.4 Å². The zero-order chi connectivity index (χ0) is 26.6. The van der Waals surface area contributed by atoms with E-state index in [1.165, 1.54) is 18.2 Å². The van der Waals surface area contributed by atoms with Crippen molar-refractivity contribution in [3.05, 3.63) is 107 Å². The summed E-state index contributed by atoms with van der Waals surface area (Å²) >= 11 is 0. The highest BCUT2D eigenvalue weighted by Gasteiger charge is 2.30. The Morgan fingerprint density at radius 3 is 2.32 bits per heavy atom. The van der Waals surface area contributed by atoms with Crippen LogP contribution in [0.15, 0.2) is 85.1 Å². The van der Waals surface area contributed by atoms with Crippen molar-refractivity contribution in [3.63, 3.8) is 0 Å². The molecule has 0 aliphatic heterocycles. The van der Waals surface area contributed by atoms with Crippen molar-refractivity contribution < 1.29 is 27.5 Å². The van der Waals surface area contributed by atoms with E-state index in [1.54, 1.807) is 42.1 Å². The number of hydrogen-bond donors (Lipinski definition) is 2. The number of hydrogen-bond acceptors (Lipinski definition) is 3. The van der Waals surface area contributed by atoms with Crippen LogP contribution in [-0.2, 0) is 19.8 Å². The van der Waals surface area contributed by atoms with E-state index in [4.69, 9.17) is 4.74 Å². The van der Waals surface area contributed by atoms with Gasteiger partial charge in [0.1, 0.15) is 0 Å². The van der Waals surface area contributed by atoms with Crippen molar-refractivity contribution in [3.8, 4) is 17.0 Å². The number of anilines is 1. The molecule has 37 heavy (non-hydrogen) atoms. The van der Waals surface area contributed by atoms with Crippen molar-refractivity contribution in [1.82, 2.24) is 9.88 Å². The van der Waals surface area contributed by atoms with Crippen molar-refractivity contribution in [2.24, 2.45) is 7.05 Å². The number of ether oxygens (including phenoxy) is 1. The highest BCUT2D eigenvalue weighted by molar-refractivity contribution is 6.08. The fraction of sp³-hybridized carbons (Fsp3) is 0.143. The summed E-state index contributed by atoms with van der Waals surface area (Å²) in [7, 11) is 1.66. The van der Waals surface area contributed by atoms with Gasteiger partial charge in [-0.25, -0.2) is 4.79 Å². The predicted molar refractivity (Wildman–Crippen MR) is 134 cm³/mol. The third-order valence-corrected chi connectivity index (χ3v) is 5.79. The van der Waals surface area contributed by atoms with Gasteiger partial charge in [-0.3, -0.25) is 4.79 Å². The zero-order valence-corrected chi connectivity index (χ0v) is 20.1. The predicted octanol–water partition coefficient (Wildman–Crippen LogP) is 6.56. The van der Waals surface area contributed by atoms with Crippen LogP contribution in [0.5, 0.6) is 5.88 Å². The molecule has 0 spiro atoms. The molecule has 0 radical (unpaired) electrons.